The van der Waals surface area contributed by atoms with Crippen molar-refractivity contribution in [3.8, 4) is 0 Å². The van der Waals surface area contributed by atoms with E-state index in [1.165, 1.54) is 42.5 Å². The minimum Gasteiger partial charge on any atom is -0.350 e. The zero-order chi connectivity index (χ0) is 19.3. The van der Waals surface area contributed by atoms with Crippen LogP contribution in [0.1, 0.15) is 18.9 Å². The van der Waals surface area contributed by atoms with Gasteiger partial charge in [0.2, 0.25) is 15.9 Å². The molecule has 1 atom stereocenters. The van der Waals surface area contributed by atoms with Crippen molar-refractivity contribution in [3.63, 3.8) is 0 Å². The molecule has 8 heteroatoms. The highest BCUT2D eigenvalue weighted by molar-refractivity contribution is 7.92. The van der Waals surface area contributed by atoms with E-state index in [-0.39, 0.29) is 18.7 Å². The Morgan fingerprint density at radius 2 is 1.73 bits per heavy atom. The van der Waals surface area contributed by atoms with E-state index < -0.39 is 33.6 Å². The Hall–Kier alpha value is -2.48. The van der Waals surface area contributed by atoms with E-state index in [1.54, 1.807) is 6.92 Å². The summed E-state index contributed by atoms with van der Waals surface area (Å²) in [4.78, 5) is 12.6. The fourth-order valence-electron chi connectivity index (χ4n) is 2.58. The molecule has 0 heterocycles. The molecule has 0 fully saturated rings. The maximum Gasteiger partial charge on any atom is 0.244 e. The van der Waals surface area contributed by atoms with Crippen molar-refractivity contribution in [3.05, 3.63) is 65.7 Å². The molecule has 0 radical (unpaired) electrons. The minimum atomic E-state index is -3.90. The van der Waals surface area contributed by atoms with Gasteiger partial charge in [0.1, 0.15) is 17.7 Å². The van der Waals surface area contributed by atoms with Crippen LogP contribution in [0.3, 0.4) is 0 Å². The van der Waals surface area contributed by atoms with E-state index >= 15 is 0 Å². The van der Waals surface area contributed by atoms with Gasteiger partial charge in [-0.2, -0.15) is 0 Å². The molecule has 0 unspecified atom stereocenters. The Bertz CT molecular complexity index is 870. The third-order valence-electron chi connectivity index (χ3n) is 3.80. The molecule has 0 bridgehead atoms. The van der Waals surface area contributed by atoms with Crippen LogP contribution >= 0.6 is 0 Å². The van der Waals surface area contributed by atoms with Crippen LogP contribution in [-0.2, 0) is 21.4 Å². The van der Waals surface area contributed by atoms with Gasteiger partial charge in [-0.1, -0.05) is 31.2 Å². The number of nitrogens with zero attached hydrogens (tertiary/aromatic N) is 1. The molecule has 0 aliphatic rings. The lowest BCUT2D eigenvalue weighted by Gasteiger charge is -2.30. The normalized spacial score (nSPS) is 12.5. The molecule has 0 saturated heterocycles. The number of rotatable bonds is 7. The molecule has 0 spiro atoms. The lowest BCUT2D eigenvalue weighted by molar-refractivity contribution is -0.122. The summed E-state index contributed by atoms with van der Waals surface area (Å²) in [5, 5.41) is 2.62. The molecule has 0 saturated carbocycles. The Morgan fingerprint density at radius 1 is 1.12 bits per heavy atom. The number of para-hydroxylation sites is 1. The van der Waals surface area contributed by atoms with Crippen LogP contribution in [0, 0.1) is 11.6 Å². The third kappa shape index (κ3) is 4.78. The Kier molecular flexibility index (Phi) is 6.31. The number of hydrogen-bond acceptors (Lipinski definition) is 3. The summed E-state index contributed by atoms with van der Waals surface area (Å²) in [5.74, 6) is -1.69. The van der Waals surface area contributed by atoms with E-state index in [2.05, 4.69) is 5.32 Å². The van der Waals surface area contributed by atoms with Crippen molar-refractivity contribution in [2.45, 2.75) is 25.9 Å². The van der Waals surface area contributed by atoms with Gasteiger partial charge in [0.05, 0.1) is 11.9 Å². The highest BCUT2D eigenvalue weighted by atomic mass is 32.2. The maximum atomic E-state index is 14.1. The first kappa shape index (κ1) is 19.8. The topological polar surface area (TPSA) is 66.5 Å². The van der Waals surface area contributed by atoms with Crippen molar-refractivity contribution in [2.75, 3.05) is 10.6 Å². The second kappa shape index (κ2) is 8.27. The number of halogens is 2. The van der Waals surface area contributed by atoms with Crippen molar-refractivity contribution in [1.82, 2.24) is 5.32 Å². The molecule has 2 aromatic rings. The average Bonchev–Trinajstić information content (AvgIpc) is 2.58. The number of carbonyl (C=O) groups excluding carboxylic acids is 1. The largest absolute Gasteiger partial charge is 0.350 e. The SMILES string of the molecule is CC[C@@H](C(=O)NCc1ccc(F)cc1)N(c1ccccc1F)S(C)(=O)=O. The summed E-state index contributed by atoms with van der Waals surface area (Å²) in [7, 11) is -3.90. The highest BCUT2D eigenvalue weighted by Gasteiger charge is 2.32. The van der Waals surface area contributed by atoms with Crippen molar-refractivity contribution >= 4 is 21.6 Å². The van der Waals surface area contributed by atoms with Crippen LogP contribution in [-0.4, -0.2) is 26.6 Å². The molecule has 0 aliphatic heterocycles. The first-order chi connectivity index (χ1) is 12.2. The van der Waals surface area contributed by atoms with E-state index in [9.17, 15) is 22.0 Å². The molecule has 0 aromatic heterocycles. The lowest BCUT2D eigenvalue weighted by Crippen LogP contribution is -2.49. The molecule has 140 valence electrons. The first-order valence-electron chi connectivity index (χ1n) is 8.00. The smallest absolute Gasteiger partial charge is 0.244 e. The molecule has 26 heavy (non-hydrogen) atoms. The summed E-state index contributed by atoms with van der Waals surface area (Å²) in [5.41, 5.74) is 0.477. The lowest BCUT2D eigenvalue weighted by atomic mass is 10.1. The summed E-state index contributed by atoms with van der Waals surface area (Å²) in [6.07, 6.45) is 1.08. The predicted molar refractivity (Wildman–Crippen MR) is 96.0 cm³/mol. The van der Waals surface area contributed by atoms with Gasteiger partial charge in [-0.3, -0.25) is 9.10 Å². The van der Waals surface area contributed by atoms with Gasteiger partial charge in [0, 0.05) is 6.54 Å². The van der Waals surface area contributed by atoms with Gasteiger partial charge in [-0.25, -0.2) is 17.2 Å². The Labute approximate surface area is 151 Å². The summed E-state index contributed by atoms with van der Waals surface area (Å²) >= 11 is 0. The fraction of sp³-hybridized carbons (Fsp3) is 0.278. The molecular weight excluding hydrogens is 362 g/mol. The first-order valence-corrected chi connectivity index (χ1v) is 9.85. The predicted octanol–water partition coefficient (Wildman–Crippen LogP) is 2.83. The molecule has 0 aliphatic carbocycles. The Balaban J connectivity index is 2.25. The number of nitrogens with one attached hydrogen (secondary N) is 1. The summed E-state index contributed by atoms with van der Waals surface area (Å²) in [6.45, 7) is 1.74. The van der Waals surface area contributed by atoms with E-state index in [1.807, 2.05) is 0 Å². The quantitative estimate of drug-likeness (QED) is 0.801. The fourth-order valence-corrected chi connectivity index (χ4v) is 3.79. The van der Waals surface area contributed by atoms with Crippen molar-refractivity contribution in [2.24, 2.45) is 0 Å². The number of benzene rings is 2. The third-order valence-corrected chi connectivity index (χ3v) is 4.97. The number of carbonyl (C=O) groups is 1. The zero-order valence-electron chi connectivity index (χ0n) is 14.4. The number of sulfonamides is 1. The van der Waals surface area contributed by atoms with Crippen LogP contribution in [0.15, 0.2) is 48.5 Å². The van der Waals surface area contributed by atoms with Crippen LogP contribution in [0.5, 0.6) is 0 Å². The zero-order valence-corrected chi connectivity index (χ0v) is 15.3. The molecule has 2 rings (SSSR count). The van der Waals surface area contributed by atoms with Gasteiger partial charge >= 0.3 is 0 Å². The monoisotopic (exact) mass is 382 g/mol. The number of amides is 1. The highest BCUT2D eigenvalue weighted by Crippen LogP contribution is 2.25. The van der Waals surface area contributed by atoms with Crippen molar-refractivity contribution < 1.29 is 22.0 Å². The van der Waals surface area contributed by atoms with Gasteiger partial charge in [-0.15, -0.1) is 0 Å². The van der Waals surface area contributed by atoms with Crippen LogP contribution < -0.4 is 9.62 Å². The van der Waals surface area contributed by atoms with Gasteiger partial charge in [-0.05, 0) is 36.2 Å². The molecule has 5 nitrogen and oxygen atoms in total. The van der Waals surface area contributed by atoms with Crippen LogP contribution in [0.2, 0.25) is 0 Å². The Morgan fingerprint density at radius 3 is 2.27 bits per heavy atom. The van der Waals surface area contributed by atoms with Crippen LogP contribution in [0.4, 0.5) is 14.5 Å². The van der Waals surface area contributed by atoms with Gasteiger partial charge in [0.25, 0.3) is 0 Å². The standard InChI is InChI=1S/C18H20F2N2O3S/c1-3-16(18(23)21-12-13-8-10-14(19)11-9-13)22(26(2,24)25)17-7-5-4-6-15(17)20/h4-11,16H,3,12H2,1-2H3,(H,21,23)/t16-/m0/s1. The minimum absolute atomic E-state index is 0.102. The van der Waals surface area contributed by atoms with E-state index in [0.29, 0.717) is 5.56 Å². The molecule has 1 N–H and O–H groups in total. The average molecular weight is 382 g/mol. The van der Waals surface area contributed by atoms with Crippen LogP contribution in [0.25, 0.3) is 0 Å². The van der Waals surface area contributed by atoms with E-state index in [0.717, 1.165) is 16.6 Å². The van der Waals surface area contributed by atoms with E-state index in [4.69, 9.17) is 0 Å². The number of hydrogen-bond donors (Lipinski definition) is 1. The van der Waals surface area contributed by atoms with Gasteiger partial charge in [0.15, 0.2) is 0 Å². The summed E-state index contributed by atoms with van der Waals surface area (Å²) < 4.78 is 52.4. The number of anilines is 1. The van der Waals surface area contributed by atoms with Gasteiger partial charge < -0.3 is 5.32 Å². The van der Waals surface area contributed by atoms with Crippen molar-refractivity contribution in [1.29, 1.82) is 0 Å². The second-order valence-electron chi connectivity index (χ2n) is 5.78. The summed E-state index contributed by atoms with van der Waals surface area (Å²) in [6, 6.07) is 9.84. The maximum absolute atomic E-state index is 14.1. The molecule has 1 amide bonds. The molecular formula is C18H20F2N2O3S. The molecule has 2 aromatic carbocycles. The second-order valence-corrected chi connectivity index (χ2v) is 7.64.